The lowest BCUT2D eigenvalue weighted by molar-refractivity contribution is 0.111. The zero-order chi connectivity index (χ0) is 19.4. The number of hydrogen-bond donors (Lipinski definition) is 0. The van der Waals surface area contributed by atoms with Gasteiger partial charge in [0, 0.05) is 31.7 Å². The van der Waals surface area contributed by atoms with E-state index >= 15 is 0 Å². The summed E-state index contributed by atoms with van der Waals surface area (Å²) in [6, 6.07) is 8.51. The van der Waals surface area contributed by atoms with Crippen LogP contribution < -0.4 is 4.90 Å². The van der Waals surface area contributed by atoms with Crippen molar-refractivity contribution in [2.45, 2.75) is 13.8 Å². The van der Waals surface area contributed by atoms with Crippen molar-refractivity contribution in [2.24, 2.45) is 0 Å². The highest BCUT2D eigenvalue weighted by Crippen LogP contribution is 2.27. The fourth-order valence-electron chi connectivity index (χ4n) is 3.12. The summed E-state index contributed by atoms with van der Waals surface area (Å²) >= 11 is 0. The average Bonchev–Trinajstić information content (AvgIpc) is 3.13. The minimum absolute atomic E-state index is 0.261. The van der Waals surface area contributed by atoms with Gasteiger partial charge in [0.25, 0.3) is 0 Å². The van der Waals surface area contributed by atoms with Gasteiger partial charge < -0.3 is 9.80 Å². The molecule has 0 N–H and O–H groups in total. The topological polar surface area (TPSA) is 53.7 Å². The number of fused-ring (bicyclic) bond motifs is 1. The Balaban J connectivity index is 0.00000102. The van der Waals surface area contributed by atoms with Gasteiger partial charge in [0.1, 0.15) is 11.5 Å². The molecule has 1 aliphatic rings. The van der Waals surface area contributed by atoms with Gasteiger partial charge in [0.05, 0.1) is 17.6 Å². The number of carbonyl (C=O) groups is 1. The largest absolute Gasteiger partial charge is 0.367 e. The van der Waals surface area contributed by atoms with E-state index in [1.54, 1.807) is 28.9 Å². The number of benzene rings is 1. The molecule has 2 aromatic heterocycles. The van der Waals surface area contributed by atoms with Gasteiger partial charge in [-0.2, -0.15) is 5.10 Å². The number of likely N-dealkylation sites (N-methyl/N-ethyl adjacent to an activating group) is 1. The Labute approximate surface area is 158 Å². The average molecular weight is 369 g/mol. The smallest absolute Gasteiger partial charge is 0.170 e. The van der Waals surface area contributed by atoms with Crippen molar-refractivity contribution in [3.63, 3.8) is 0 Å². The van der Waals surface area contributed by atoms with Gasteiger partial charge in [0.2, 0.25) is 0 Å². The molecule has 3 heterocycles. The summed E-state index contributed by atoms with van der Waals surface area (Å²) in [6.07, 6.45) is 2.32. The van der Waals surface area contributed by atoms with Crippen LogP contribution in [0.5, 0.6) is 0 Å². The molecule has 6 nitrogen and oxygen atoms in total. The highest BCUT2D eigenvalue weighted by Gasteiger charge is 2.18. The summed E-state index contributed by atoms with van der Waals surface area (Å²) in [5.74, 6) is -0.261. The fourth-order valence-corrected chi connectivity index (χ4v) is 3.12. The lowest BCUT2D eigenvalue weighted by Crippen LogP contribution is -2.44. The second kappa shape index (κ2) is 8.26. The molecule has 3 aromatic rings. The molecule has 27 heavy (non-hydrogen) atoms. The van der Waals surface area contributed by atoms with Crippen molar-refractivity contribution in [3.05, 3.63) is 48.0 Å². The van der Waals surface area contributed by atoms with E-state index in [0.717, 1.165) is 26.2 Å². The van der Waals surface area contributed by atoms with Crippen LogP contribution in [-0.4, -0.2) is 59.0 Å². The first kappa shape index (κ1) is 19.0. The quantitative estimate of drug-likeness (QED) is 0.664. The van der Waals surface area contributed by atoms with E-state index < -0.39 is 0 Å². The Morgan fingerprint density at radius 1 is 1.07 bits per heavy atom. The monoisotopic (exact) mass is 369 g/mol. The Kier molecular flexibility index (Phi) is 5.81. The summed E-state index contributed by atoms with van der Waals surface area (Å²) in [7, 11) is 2.07. The van der Waals surface area contributed by atoms with Gasteiger partial charge in [0.15, 0.2) is 11.9 Å². The molecule has 7 heteroatoms. The van der Waals surface area contributed by atoms with Crippen molar-refractivity contribution in [2.75, 3.05) is 38.1 Å². The maximum atomic E-state index is 14.7. The maximum absolute atomic E-state index is 14.7. The molecule has 1 aliphatic heterocycles. The molecule has 1 aromatic carbocycles. The number of imidazole rings is 1. The van der Waals surface area contributed by atoms with Crippen LogP contribution in [0.3, 0.4) is 0 Å². The van der Waals surface area contributed by atoms with Crippen molar-refractivity contribution in [1.82, 2.24) is 19.5 Å². The molecule has 1 saturated heterocycles. The van der Waals surface area contributed by atoms with Crippen LogP contribution >= 0.6 is 0 Å². The van der Waals surface area contributed by atoms with Crippen molar-refractivity contribution >= 4 is 17.6 Å². The van der Waals surface area contributed by atoms with Crippen LogP contribution in [0.4, 0.5) is 10.1 Å². The first-order chi connectivity index (χ1) is 13.2. The molecule has 0 aliphatic carbocycles. The predicted octanol–water partition coefficient (Wildman–Crippen LogP) is 3.13. The minimum atomic E-state index is -0.261. The maximum Gasteiger partial charge on any atom is 0.170 e. The number of hydrogen-bond acceptors (Lipinski definition) is 5. The van der Waals surface area contributed by atoms with E-state index in [0.29, 0.717) is 34.6 Å². The third kappa shape index (κ3) is 3.83. The first-order valence-electron chi connectivity index (χ1n) is 9.19. The van der Waals surface area contributed by atoms with Gasteiger partial charge in [-0.25, -0.2) is 13.9 Å². The summed E-state index contributed by atoms with van der Waals surface area (Å²) in [4.78, 5) is 19.5. The highest BCUT2D eigenvalue weighted by molar-refractivity contribution is 5.73. The number of carbonyl (C=O) groups excluding carboxylic acids is 1. The molecule has 0 bridgehead atoms. The van der Waals surface area contributed by atoms with Gasteiger partial charge in [-0.3, -0.25) is 4.79 Å². The summed E-state index contributed by atoms with van der Waals surface area (Å²) in [5.41, 5.74) is 2.87. The second-order valence-corrected chi connectivity index (χ2v) is 6.25. The van der Waals surface area contributed by atoms with E-state index in [9.17, 15) is 9.18 Å². The van der Waals surface area contributed by atoms with Gasteiger partial charge >= 0.3 is 0 Å². The van der Waals surface area contributed by atoms with Crippen molar-refractivity contribution < 1.29 is 9.18 Å². The van der Waals surface area contributed by atoms with Crippen molar-refractivity contribution in [3.8, 4) is 11.3 Å². The van der Waals surface area contributed by atoms with E-state index in [-0.39, 0.29) is 5.82 Å². The lowest BCUT2D eigenvalue weighted by Gasteiger charge is -2.34. The minimum Gasteiger partial charge on any atom is -0.367 e. The Bertz CT molecular complexity index is 931. The van der Waals surface area contributed by atoms with E-state index in [1.165, 1.54) is 6.07 Å². The van der Waals surface area contributed by atoms with Gasteiger partial charge in [-0.15, -0.1) is 0 Å². The molecular formula is C20H24FN5O. The van der Waals surface area contributed by atoms with E-state index in [2.05, 4.69) is 26.9 Å². The lowest BCUT2D eigenvalue weighted by atomic mass is 10.1. The van der Waals surface area contributed by atoms with Gasteiger partial charge in [-0.1, -0.05) is 19.9 Å². The van der Waals surface area contributed by atoms with Crippen LogP contribution in [-0.2, 0) is 0 Å². The Hall–Kier alpha value is -2.80. The SMILES string of the molecule is CC.CN1CCN(c2ccc(-c3cnc4ccc(C=O)nn34)cc2F)CC1. The van der Waals surface area contributed by atoms with Crippen molar-refractivity contribution in [1.29, 1.82) is 0 Å². The molecule has 142 valence electrons. The van der Waals surface area contributed by atoms with E-state index in [1.807, 2.05) is 19.9 Å². The fraction of sp³-hybridized carbons (Fsp3) is 0.350. The number of aromatic nitrogens is 3. The highest BCUT2D eigenvalue weighted by atomic mass is 19.1. The molecule has 0 spiro atoms. The molecule has 0 unspecified atom stereocenters. The Morgan fingerprint density at radius 2 is 1.81 bits per heavy atom. The summed E-state index contributed by atoms with van der Waals surface area (Å²) in [6.45, 7) is 7.47. The van der Waals surface area contributed by atoms with Crippen LogP contribution in [0, 0.1) is 5.82 Å². The third-order valence-corrected chi connectivity index (χ3v) is 4.59. The zero-order valence-electron chi connectivity index (χ0n) is 15.9. The van der Waals surface area contributed by atoms with Gasteiger partial charge in [-0.05, 0) is 31.3 Å². The van der Waals surface area contributed by atoms with Crippen LogP contribution in [0.25, 0.3) is 16.9 Å². The number of piperazine rings is 1. The number of nitrogens with zero attached hydrogens (tertiary/aromatic N) is 5. The van der Waals surface area contributed by atoms with Crippen LogP contribution in [0.15, 0.2) is 36.5 Å². The summed E-state index contributed by atoms with van der Waals surface area (Å²) < 4.78 is 16.3. The number of halogens is 1. The second-order valence-electron chi connectivity index (χ2n) is 6.25. The predicted molar refractivity (Wildman–Crippen MR) is 105 cm³/mol. The summed E-state index contributed by atoms with van der Waals surface area (Å²) in [5, 5.41) is 4.23. The molecule has 1 fully saturated rings. The zero-order valence-corrected chi connectivity index (χ0v) is 15.9. The molecule has 4 rings (SSSR count). The molecule has 0 saturated carbocycles. The molecule has 0 amide bonds. The van der Waals surface area contributed by atoms with Crippen LogP contribution in [0.1, 0.15) is 24.3 Å². The first-order valence-corrected chi connectivity index (χ1v) is 9.19. The third-order valence-electron chi connectivity index (χ3n) is 4.59. The normalized spacial score (nSPS) is 14.7. The number of rotatable bonds is 3. The number of anilines is 1. The standard InChI is InChI=1S/C18H18FN5O.C2H6/c1-22-6-8-23(9-7-22)16-4-2-13(10-15(16)19)17-11-20-18-5-3-14(12-25)21-24(17)18;1-2/h2-5,10-12H,6-9H2,1H3;1-2H3. The van der Waals surface area contributed by atoms with Crippen LogP contribution in [0.2, 0.25) is 0 Å². The number of aldehydes is 1. The van der Waals surface area contributed by atoms with E-state index in [4.69, 9.17) is 0 Å². The Morgan fingerprint density at radius 3 is 2.48 bits per heavy atom. The molecule has 0 atom stereocenters. The molecular weight excluding hydrogens is 345 g/mol. The molecule has 0 radical (unpaired) electrons.